The summed E-state index contributed by atoms with van der Waals surface area (Å²) in [6.45, 7) is 3.25. The summed E-state index contributed by atoms with van der Waals surface area (Å²) in [7, 11) is 1.56. The summed E-state index contributed by atoms with van der Waals surface area (Å²) in [5, 5.41) is 6.33. The van der Waals surface area contributed by atoms with Gasteiger partial charge in [0.15, 0.2) is 11.9 Å². The van der Waals surface area contributed by atoms with Crippen molar-refractivity contribution in [3.63, 3.8) is 0 Å². The van der Waals surface area contributed by atoms with E-state index in [1.807, 2.05) is 0 Å². The Kier molecular flexibility index (Phi) is 6.69. The van der Waals surface area contributed by atoms with Crippen LogP contribution >= 0.6 is 0 Å². The number of carbonyl (C=O) groups is 2. The number of amides is 1. The topological polar surface area (TPSA) is 99.9 Å². The lowest BCUT2D eigenvalue weighted by Crippen LogP contribution is -2.32. The highest BCUT2D eigenvalue weighted by molar-refractivity contribution is 5.95. The number of hydrogen-bond acceptors (Lipinski definition) is 7. The summed E-state index contributed by atoms with van der Waals surface area (Å²) in [6, 6.07) is 17.0. The van der Waals surface area contributed by atoms with E-state index in [0.29, 0.717) is 22.8 Å². The maximum atomic E-state index is 12.8. The molecule has 2 aromatic carbocycles. The summed E-state index contributed by atoms with van der Waals surface area (Å²) in [4.78, 5) is 25.4. The summed E-state index contributed by atoms with van der Waals surface area (Å²) in [5.41, 5.74) is 0.514. The lowest BCUT2D eigenvalue weighted by molar-refractivity contribution is -0.161. The van der Waals surface area contributed by atoms with Gasteiger partial charge in [0.25, 0.3) is 5.91 Å². The van der Waals surface area contributed by atoms with Gasteiger partial charge in [-0.1, -0.05) is 35.5 Å². The number of carbonyl (C=O) groups excluding carboxylic acids is 2. The van der Waals surface area contributed by atoms with E-state index in [-0.39, 0.29) is 5.82 Å². The second-order valence-electron chi connectivity index (χ2n) is 6.48. The van der Waals surface area contributed by atoms with E-state index < -0.39 is 24.1 Å². The third-order valence-corrected chi connectivity index (χ3v) is 4.16. The van der Waals surface area contributed by atoms with Crippen molar-refractivity contribution in [2.75, 3.05) is 12.4 Å². The Labute approximate surface area is 173 Å². The number of esters is 1. The number of aromatic nitrogens is 1. The normalized spacial score (nSPS) is 12.5. The SMILES string of the molecule is COc1ccc(O[C@H](C)C(=O)O[C@@H](C(=O)Nc2cc(C)on2)c2ccccc2)cc1. The molecule has 0 saturated carbocycles. The van der Waals surface area contributed by atoms with Crippen molar-refractivity contribution in [3.05, 3.63) is 72.0 Å². The van der Waals surface area contributed by atoms with Gasteiger partial charge in [-0.05, 0) is 38.1 Å². The molecule has 0 aliphatic heterocycles. The summed E-state index contributed by atoms with van der Waals surface area (Å²) < 4.78 is 21.2. The predicted molar refractivity (Wildman–Crippen MR) is 108 cm³/mol. The first-order chi connectivity index (χ1) is 14.5. The number of nitrogens with one attached hydrogen (secondary N) is 1. The molecule has 1 N–H and O–H groups in total. The minimum absolute atomic E-state index is 0.233. The highest BCUT2D eigenvalue weighted by Crippen LogP contribution is 2.23. The van der Waals surface area contributed by atoms with Crippen LogP contribution in [-0.2, 0) is 14.3 Å². The Morgan fingerprint density at radius 1 is 1.03 bits per heavy atom. The molecule has 3 rings (SSSR count). The smallest absolute Gasteiger partial charge is 0.348 e. The molecule has 0 bridgehead atoms. The number of benzene rings is 2. The average Bonchev–Trinajstić information content (AvgIpc) is 3.17. The van der Waals surface area contributed by atoms with Gasteiger partial charge < -0.3 is 24.1 Å². The molecule has 0 spiro atoms. The van der Waals surface area contributed by atoms with Crippen LogP contribution in [0.1, 0.15) is 24.4 Å². The molecule has 0 fully saturated rings. The predicted octanol–water partition coefficient (Wildman–Crippen LogP) is 3.68. The fourth-order valence-corrected chi connectivity index (χ4v) is 2.64. The van der Waals surface area contributed by atoms with E-state index in [9.17, 15) is 9.59 Å². The lowest BCUT2D eigenvalue weighted by Gasteiger charge is -2.20. The van der Waals surface area contributed by atoms with Crippen LogP contribution in [0.25, 0.3) is 0 Å². The minimum atomic E-state index is -1.18. The molecule has 8 nitrogen and oxygen atoms in total. The van der Waals surface area contributed by atoms with Gasteiger partial charge in [0.1, 0.15) is 17.3 Å². The maximum absolute atomic E-state index is 12.8. The Bertz CT molecular complexity index is 984. The van der Waals surface area contributed by atoms with E-state index in [4.69, 9.17) is 18.7 Å². The molecule has 0 radical (unpaired) electrons. The Morgan fingerprint density at radius 2 is 1.70 bits per heavy atom. The molecule has 0 aliphatic carbocycles. The van der Waals surface area contributed by atoms with Gasteiger partial charge in [-0.3, -0.25) is 4.79 Å². The van der Waals surface area contributed by atoms with E-state index in [1.54, 1.807) is 81.6 Å². The second kappa shape index (κ2) is 9.60. The van der Waals surface area contributed by atoms with Crippen LogP contribution in [-0.4, -0.2) is 30.2 Å². The maximum Gasteiger partial charge on any atom is 0.348 e. The standard InChI is InChI=1S/C22H22N2O6/c1-14-13-19(24-30-14)23-21(25)20(16-7-5-4-6-8-16)29-22(26)15(2)28-18-11-9-17(27-3)10-12-18/h4-13,15,20H,1-3H3,(H,23,24,25)/t15-,20-/m1/s1. The first-order valence-corrected chi connectivity index (χ1v) is 9.26. The quantitative estimate of drug-likeness (QED) is 0.566. The number of ether oxygens (including phenoxy) is 3. The van der Waals surface area contributed by atoms with Crippen LogP contribution in [0.5, 0.6) is 11.5 Å². The van der Waals surface area contributed by atoms with E-state index in [1.165, 1.54) is 0 Å². The van der Waals surface area contributed by atoms with Crippen molar-refractivity contribution in [2.45, 2.75) is 26.1 Å². The van der Waals surface area contributed by atoms with Gasteiger partial charge in [-0.15, -0.1) is 0 Å². The molecule has 0 unspecified atom stereocenters. The molecule has 1 aromatic heterocycles. The molecule has 0 saturated heterocycles. The molecule has 1 amide bonds. The van der Waals surface area contributed by atoms with Crippen molar-refractivity contribution in [2.24, 2.45) is 0 Å². The van der Waals surface area contributed by atoms with Gasteiger partial charge in [-0.25, -0.2) is 4.79 Å². The number of anilines is 1. The molecule has 8 heteroatoms. The first-order valence-electron chi connectivity index (χ1n) is 9.26. The van der Waals surface area contributed by atoms with Crippen molar-refractivity contribution in [3.8, 4) is 11.5 Å². The summed E-state index contributed by atoms with van der Waals surface area (Å²) in [6.07, 6.45) is -2.12. The zero-order chi connectivity index (χ0) is 21.5. The van der Waals surface area contributed by atoms with Crippen LogP contribution in [0, 0.1) is 6.92 Å². The molecule has 1 heterocycles. The number of rotatable bonds is 8. The monoisotopic (exact) mass is 410 g/mol. The lowest BCUT2D eigenvalue weighted by atomic mass is 10.1. The zero-order valence-electron chi connectivity index (χ0n) is 16.8. The van der Waals surface area contributed by atoms with E-state index in [2.05, 4.69) is 10.5 Å². The molecular weight excluding hydrogens is 388 g/mol. The Hall–Kier alpha value is -3.81. The fraction of sp³-hybridized carbons (Fsp3) is 0.227. The third kappa shape index (κ3) is 5.38. The molecule has 3 aromatic rings. The molecule has 30 heavy (non-hydrogen) atoms. The van der Waals surface area contributed by atoms with Gasteiger partial charge in [-0.2, -0.15) is 0 Å². The largest absolute Gasteiger partial charge is 0.497 e. The van der Waals surface area contributed by atoms with Crippen molar-refractivity contribution in [1.29, 1.82) is 0 Å². The fourth-order valence-electron chi connectivity index (χ4n) is 2.64. The Morgan fingerprint density at radius 3 is 2.30 bits per heavy atom. The van der Waals surface area contributed by atoms with Gasteiger partial charge in [0, 0.05) is 11.6 Å². The summed E-state index contributed by atoms with van der Waals surface area (Å²) in [5.74, 6) is 0.670. The minimum Gasteiger partial charge on any atom is -0.497 e. The van der Waals surface area contributed by atoms with Gasteiger partial charge in [0.05, 0.1) is 7.11 Å². The number of hydrogen-bond donors (Lipinski definition) is 1. The molecule has 0 aliphatic rings. The number of methoxy groups -OCH3 is 1. The van der Waals surface area contributed by atoms with Crippen molar-refractivity contribution < 1.29 is 28.3 Å². The Balaban J connectivity index is 1.71. The van der Waals surface area contributed by atoms with Crippen molar-refractivity contribution >= 4 is 17.7 Å². The average molecular weight is 410 g/mol. The number of aryl methyl sites for hydroxylation is 1. The number of nitrogens with zero attached hydrogens (tertiary/aromatic N) is 1. The van der Waals surface area contributed by atoms with Crippen LogP contribution in [0.3, 0.4) is 0 Å². The zero-order valence-corrected chi connectivity index (χ0v) is 16.8. The van der Waals surface area contributed by atoms with E-state index >= 15 is 0 Å². The first kappa shape index (κ1) is 20.9. The third-order valence-electron chi connectivity index (χ3n) is 4.16. The second-order valence-corrected chi connectivity index (χ2v) is 6.48. The van der Waals surface area contributed by atoms with Crippen LogP contribution in [0.2, 0.25) is 0 Å². The molecular formula is C22H22N2O6. The van der Waals surface area contributed by atoms with Crippen molar-refractivity contribution in [1.82, 2.24) is 5.16 Å². The van der Waals surface area contributed by atoms with Crippen LogP contribution in [0.15, 0.2) is 65.2 Å². The van der Waals surface area contributed by atoms with Crippen LogP contribution < -0.4 is 14.8 Å². The van der Waals surface area contributed by atoms with Gasteiger partial charge >= 0.3 is 5.97 Å². The molecule has 156 valence electrons. The van der Waals surface area contributed by atoms with Crippen LogP contribution in [0.4, 0.5) is 5.82 Å². The summed E-state index contributed by atoms with van der Waals surface area (Å²) >= 11 is 0. The highest BCUT2D eigenvalue weighted by atomic mass is 16.6. The van der Waals surface area contributed by atoms with Gasteiger partial charge in [0.2, 0.25) is 6.10 Å². The highest BCUT2D eigenvalue weighted by Gasteiger charge is 2.29. The molecule has 2 atom stereocenters. The van der Waals surface area contributed by atoms with E-state index in [0.717, 1.165) is 0 Å².